The lowest BCUT2D eigenvalue weighted by Crippen LogP contribution is -1.98. The van der Waals surface area contributed by atoms with Gasteiger partial charge in [-0.25, -0.2) is 4.39 Å². The van der Waals surface area contributed by atoms with Gasteiger partial charge in [-0.3, -0.25) is 0 Å². The summed E-state index contributed by atoms with van der Waals surface area (Å²) in [6, 6.07) is 4.99. The van der Waals surface area contributed by atoms with Crippen molar-refractivity contribution in [3.8, 4) is 5.75 Å². The van der Waals surface area contributed by atoms with Crippen LogP contribution in [0.3, 0.4) is 0 Å². The normalized spacial score (nSPS) is 15.8. The lowest BCUT2D eigenvalue weighted by Gasteiger charge is -2.06. The molecule has 70 valence electrons. The highest BCUT2D eigenvalue weighted by atomic mass is 32.2. The molecule has 1 aromatic carbocycles. The van der Waals surface area contributed by atoms with E-state index in [-0.39, 0.29) is 11.9 Å². The van der Waals surface area contributed by atoms with Crippen molar-refractivity contribution in [2.75, 3.05) is 6.26 Å². The van der Waals surface area contributed by atoms with E-state index in [1.807, 2.05) is 6.26 Å². The largest absolute Gasteiger partial charge is 0.487 e. The zero-order chi connectivity index (χ0) is 9.26. The zero-order valence-corrected chi connectivity index (χ0v) is 8.23. The van der Waals surface area contributed by atoms with Crippen LogP contribution < -0.4 is 4.74 Å². The Morgan fingerprint density at radius 3 is 2.85 bits per heavy atom. The van der Waals surface area contributed by atoms with E-state index in [9.17, 15) is 4.39 Å². The maximum atomic E-state index is 13.2. The molecule has 1 saturated carbocycles. The smallest absolute Gasteiger partial charge is 0.165 e. The molecular formula is C10H11FOS. The van der Waals surface area contributed by atoms with E-state index in [0.717, 1.165) is 17.7 Å². The molecule has 0 heterocycles. The van der Waals surface area contributed by atoms with Gasteiger partial charge in [0, 0.05) is 4.90 Å². The highest BCUT2D eigenvalue weighted by Crippen LogP contribution is 2.30. The molecule has 0 bridgehead atoms. The molecule has 1 aliphatic rings. The van der Waals surface area contributed by atoms with Gasteiger partial charge in [0.1, 0.15) is 0 Å². The van der Waals surface area contributed by atoms with Gasteiger partial charge in [0.2, 0.25) is 0 Å². The van der Waals surface area contributed by atoms with Crippen LogP contribution in [0, 0.1) is 5.82 Å². The minimum Gasteiger partial charge on any atom is -0.487 e. The van der Waals surface area contributed by atoms with Crippen molar-refractivity contribution in [2.45, 2.75) is 23.8 Å². The second-order valence-electron chi connectivity index (χ2n) is 3.11. The Morgan fingerprint density at radius 1 is 1.46 bits per heavy atom. The number of benzene rings is 1. The summed E-state index contributed by atoms with van der Waals surface area (Å²) in [5.41, 5.74) is 0. The molecule has 0 saturated heterocycles. The fourth-order valence-corrected chi connectivity index (χ4v) is 1.50. The van der Waals surface area contributed by atoms with Gasteiger partial charge in [0.05, 0.1) is 6.10 Å². The average Bonchev–Trinajstić information content (AvgIpc) is 2.93. The van der Waals surface area contributed by atoms with Crippen LogP contribution in [0.5, 0.6) is 5.75 Å². The molecule has 0 unspecified atom stereocenters. The Balaban J connectivity index is 2.19. The maximum absolute atomic E-state index is 13.2. The number of halogens is 1. The van der Waals surface area contributed by atoms with Crippen molar-refractivity contribution in [2.24, 2.45) is 0 Å². The number of thioether (sulfide) groups is 1. The van der Waals surface area contributed by atoms with Gasteiger partial charge < -0.3 is 4.74 Å². The van der Waals surface area contributed by atoms with Crippen molar-refractivity contribution in [3.05, 3.63) is 24.0 Å². The third-order valence-electron chi connectivity index (χ3n) is 1.96. The van der Waals surface area contributed by atoms with Gasteiger partial charge in [-0.2, -0.15) is 0 Å². The number of rotatable bonds is 3. The molecule has 3 heteroatoms. The highest BCUT2D eigenvalue weighted by Gasteiger charge is 2.24. The second-order valence-corrected chi connectivity index (χ2v) is 3.99. The Bertz CT molecular complexity index is 310. The van der Waals surface area contributed by atoms with Crippen LogP contribution in [0.1, 0.15) is 12.8 Å². The molecule has 2 rings (SSSR count). The zero-order valence-electron chi connectivity index (χ0n) is 7.42. The third kappa shape index (κ3) is 2.15. The van der Waals surface area contributed by atoms with E-state index in [0.29, 0.717) is 5.75 Å². The first-order chi connectivity index (χ1) is 6.29. The molecule has 0 atom stereocenters. The van der Waals surface area contributed by atoms with Gasteiger partial charge in [-0.15, -0.1) is 11.8 Å². The average molecular weight is 198 g/mol. The lowest BCUT2D eigenvalue weighted by atomic mass is 10.3. The summed E-state index contributed by atoms with van der Waals surface area (Å²) < 4.78 is 18.6. The molecule has 0 N–H and O–H groups in total. The van der Waals surface area contributed by atoms with E-state index >= 15 is 0 Å². The Kier molecular flexibility index (Phi) is 2.44. The van der Waals surface area contributed by atoms with E-state index in [2.05, 4.69) is 0 Å². The van der Waals surface area contributed by atoms with Crippen molar-refractivity contribution in [3.63, 3.8) is 0 Å². The Labute approximate surface area is 81.3 Å². The van der Waals surface area contributed by atoms with Crippen LogP contribution in [0.2, 0.25) is 0 Å². The second kappa shape index (κ2) is 3.58. The lowest BCUT2D eigenvalue weighted by molar-refractivity contribution is 0.287. The minimum absolute atomic E-state index is 0.256. The number of ether oxygens (including phenoxy) is 1. The summed E-state index contributed by atoms with van der Waals surface area (Å²) in [5.74, 6) is 0.138. The first-order valence-electron chi connectivity index (χ1n) is 4.30. The predicted octanol–water partition coefficient (Wildman–Crippen LogP) is 3.09. The van der Waals surface area contributed by atoms with Crippen molar-refractivity contribution >= 4 is 11.8 Å². The highest BCUT2D eigenvalue weighted by molar-refractivity contribution is 7.98. The summed E-state index contributed by atoms with van der Waals surface area (Å²) in [6.07, 6.45) is 4.34. The molecular weight excluding hydrogens is 187 g/mol. The molecule has 1 nitrogen and oxygen atoms in total. The molecule has 0 spiro atoms. The van der Waals surface area contributed by atoms with Gasteiger partial charge >= 0.3 is 0 Å². The van der Waals surface area contributed by atoms with Gasteiger partial charge in [0.25, 0.3) is 0 Å². The Hall–Kier alpha value is -0.700. The van der Waals surface area contributed by atoms with E-state index in [1.54, 1.807) is 23.9 Å². The molecule has 13 heavy (non-hydrogen) atoms. The van der Waals surface area contributed by atoms with Crippen LogP contribution in [0.25, 0.3) is 0 Å². The number of hydrogen-bond acceptors (Lipinski definition) is 2. The first kappa shape index (κ1) is 8.88. The molecule has 0 radical (unpaired) electrons. The van der Waals surface area contributed by atoms with E-state index < -0.39 is 0 Å². The molecule has 1 fully saturated rings. The van der Waals surface area contributed by atoms with Crippen molar-refractivity contribution < 1.29 is 9.13 Å². The van der Waals surface area contributed by atoms with Crippen LogP contribution in [0.4, 0.5) is 4.39 Å². The fraction of sp³-hybridized carbons (Fsp3) is 0.400. The topological polar surface area (TPSA) is 9.23 Å². The monoisotopic (exact) mass is 198 g/mol. The molecule has 0 aromatic heterocycles. The Morgan fingerprint density at radius 2 is 2.23 bits per heavy atom. The van der Waals surface area contributed by atoms with Crippen molar-refractivity contribution in [1.29, 1.82) is 0 Å². The van der Waals surface area contributed by atoms with Crippen LogP contribution in [0.15, 0.2) is 23.1 Å². The summed E-state index contributed by atoms with van der Waals surface area (Å²) in [6.45, 7) is 0. The molecule has 1 aromatic rings. The maximum Gasteiger partial charge on any atom is 0.165 e. The molecule has 1 aliphatic carbocycles. The first-order valence-corrected chi connectivity index (χ1v) is 5.52. The summed E-state index contributed by atoms with van der Waals surface area (Å²) in [7, 11) is 0. The summed E-state index contributed by atoms with van der Waals surface area (Å²) >= 11 is 1.59. The van der Waals surface area contributed by atoms with Gasteiger partial charge in [-0.05, 0) is 37.3 Å². The third-order valence-corrected chi connectivity index (χ3v) is 2.68. The van der Waals surface area contributed by atoms with Crippen LogP contribution >= 0.6 is 11.8 Å². The SMILES string of the molecule is CSc1ccc(F)c(OC2CC2)c1. The van der Waals surface area contributed by atoms with E-state index in [1.165, 1.54) is 6.07 Å². The molecule has 0 amide bonds. The number of hydrogen-bond donors (Lipinski definition) is 0. The minimum atomic E-state index is -0.260. The van der Waals surface area contributed by atoms with Crippen LogP contribution in [-0.4, -0.2) is 12.4 Å². The quantitative estimate of drug-likeness (QED) is 0.690. The van der Waals surface area contributed by atoms with Crippen LogP contribution in [-0.2, 0) is 0 Å². The van der Waals surface area contributed by atoms with Crippen molar-refractivity contribution in [1.82, 2.24) is 0 Å². The summed E-state index contributed by atoms with van der Waals surface area (Å²) in [4.78, 5) is 1.04. The van der Waals surface area contributed by atoms with E-state index in [4.69, 9.17) is 4.74 Å². The molecule has 0 aliphatic heterocycles. The van der Waals surface area contributed by atoms with Gasteiger partial charge in [0.15, 0.2) is 11.6 Å². The van der Waals surface area contributed by atoms with Gasteiger partial charge in [-0.1, -0.05) is 0 Å². The standard InChI is InChI=1S/C10H11FOS/c1-13-8-4-5-9(11)10(6-8)12-7-2-3-7/h4-7H,2-3H2,1H3. The fourth-order valence-electron chi connectivity index (χ4n) is 1.07. The summed E-state index contributed by atoms with van der Waals surface area (Å²) in [5, 5.41) is 0. The predicted molar refractivity (Wildman–Crippen MR) is 51.8 cm³/mol.